The van der Waals surface area contributed by atoms with Gasteiger partial charge in [0.25, 0.3) is 0 Å². The second-order valence-electron chi connectivity index (χ2n) is 10.00. The van der Waals surface area contributed by atoms with Gasteiger partial charge in [0.05, 0.1) is 0 Å². The summed E-state index contributed by atoms with van der Waals surface area (Å²) in [5.41, 5.74) is 27.5. The number of hydrogen-bond donors (Lipinski definition) is 6. The van der Waals surface area contributed by atoms with E-state index in [1.807, 2.05) is 0 Å². The van der Waals surface area contributed by atoms with Gasteiger partial charge in [-0.15, -0.1) is 0 Å². The number of rotatable bonds is 5. The van der Waals surface area contributed by atoms with Gasteiger partial charge in [-0.3, -0.25) is 0 Å². The van der Waals surface area contributed by atoms with E-state index in [1.54, 1.807) is 0 Å². The zero-order valence-electron chi connectivity index (χ0n) is 19.6. The Bertz CT molecular complexity index is 921. The second-order valence-corrected chi connectivity index (χ2v) is 10.00. The summed E-state index contributed by atoms with van der Waals surface area (Å²) in [7, 11) is 0. The first-order valence-electron chi connectivity index (χ1n) is 12.3. The molecule has 2 saturated heterocycles. The molecule has 3 aliphatic rings. The van der Waals surface area contributed by atoms with Crippen molar-refractivity contribution in [1.82, 2.24) is 15.0 Å². The minimum Gasteiger partial charge on any atom is -0.380 e. The van der Waals surface area contributed by atoms with Gasteiger partial charge in [-0.2, -0.15) is 15.0 Å². The van der Waals surface area contributed by atoms with Crippen molar-refractivity contribution in [2.24, 2.45) is 22.9 Å². The van der Waals surface area contributed by atoms with E-state index in [9.17, 15) is 0 Å². The maximum atomic E-state index is 6.24. The Hall–Kier alpha value is -2.73. The van der Waals surface area contributed by atoms with Crippen LogP contribution in [0.1, 0.15) is 24.8 Å². The molecule has 1 aromatic carbocycles. The maximum absolute atomic E-state index is 6.24. The average Bonchev–Trinajstić information content (AvgIpc) is 2.81. The molecule has 10 N–H and O–H groups in total. The summed E-state index contributed by atoms with van der Waals surface area (Å²) < 4.78 is 0. The first-order valence-corrected chi connectivity index (χ1v) is 12.3. The van der Waals surface area contributed by atoms with Crippen LogP contribution in [0.3, 0.4) is 0 Å². The number of hydrogen-bond acceptors (Lipinski definition) is 11. The third-order valence-electron chi connectivity index (χ3n) is 6.85. The minimum atomic E-state index is -0.0105. The molecule has 0 radical (unpaired) electrons. The quantitative estimate of drug-likeness (QED) is 0.333. The molecule has 0 bridgehead atoms. The zero-order valence-corrected chi connectivity index (χ0v) is 19.6. The Labute approximate surface area is 200 Å². The van der Waals surface area contributed by atoms with Crippen LogP contribution in [0.2, 0.25) is 0 Å². The van der Waals surface area contributed by atoms with Crippen LogP contribution in [0, 0.1) is 0 Å². The van der Waals surface area contributed by atoms with Gasteiger partial charge in [-0.05, 0) is 37.3 Å². The van der Waals surface area contributed by atoms with E-state index in [2.05, 4.69) is 44.7 Å². The van der Waals surface area contributed by atoms with E-state index in [1.165, 1.54) is 11.3 Å². The molecule has 1 aromatic heterocycles. The van der Waals surface area contributed by atoms with E-state index in [-0.39, 0.29) is 30.2 Å². The standard InChI is InChI=1S/C23H37N11/c24-15-7-16(25)11-33(10-15)22-30-21(31-23(32-22)34-12-17(26)8-18(27)13-34)28-9-19-6-5-14-3-1-2-4-20(14)29-19/h1-4,15-19,29H,5-13,24-27H2,(H,28,30,31,32). The van der Waals surface area contributed by atoms with Crippen molar-refractivity contribution in [1.29, 1.82) is 0 Å². The number of nitrogens with zero attached hydrogens (tertiary/aromatic N) is 5. The van der Waals surface area contributed by atoms with E-state index < -0.39 is 0 Å². The smallest absolute Gasteiger partial charge is 0.232 e. The van der Waals surface area contributed by atoms with Crippen molar-refractivity contribution in [3.05, 3.63) is 29.8 Å². The lowest BCUT2D eigenvalue weighted by molar-refractivity contribution is 0.441. The molecule has 11 nitrogen and oxygen atoms in total. The number of nitrogens with two attached hydrogens (primary N) is 4. The highest BCUT2D eigenvalue weighted by molar-refractivity contribution is 5.54. The normalized spacial score (nSPS) is 29.4. The molecule has 5 atom stereocenters. The van der Waals surface area contributed by atoms with Crippen molar-refractivity contribution >= 4 is 23.5 Å². The van der Waals surface area contributed by atoms with E-state index >= 15 is 0 Å². The van der Waals surface area contributed by atoms with Gasteiger partial charge >= 0.3 is 0 Å². The van der Waals surface area contributed by atoms with E-state index in [4.69, 9.17) is 37.9 Å². The van der Waals surface area contributed by atoms with Gasteiger partial charge in [-0.1, -0.05) is 18.2 Å². The lowest BCUT2D eigenvalue weighted by atomic mass is 9.98. The van der Waals surface area contributed by atoms with Crippen molar-refractivity contribution in [2.75, 3.05) is 53.2 Å². The molecule has 0 aliphatic carbocycles. The summed E-state index contributed by atoms with van der Waals surface area (Å²) in [5.74, 6) is 1.72. The molecule has 3 aliphatic heterocycles. The Kier molecular flexibility index (Phi) is 6.68. The van der Waals surface area contributed by atoms with Gasteiger partial charge in [0.1, 0.15) is 0 Å². The number of fused-ring (bicyclic) bond motifs is 1. The largest absolute Gasteiger partial charge is 0.380 e. The fourth-order valence-corrected chi connectivity index (χ4v) is 5.27. The third kappa shape index (κ3) is 5.33. The molecule has 2 aromatic rings. The average molecular weight is 468 g/mol. The molecule has 184 valence electrons. The number of benzene rings is 1. The van der Waals surface area contributed by atoms with Gasteiger partial charge in [0, 0.05) is 68.6 Å². The van der Waals surface area contributed by atoms with E-state index in [0.717, 1.165) is 25.7 Å². The number of anilines is 4. The van der Waals surface area contributed by atoms with Crippen LogP contribution in [0.4, 0.5) is 23.5 Å². The lowest BCUT2D eigenvalue weighted by Crippen LogP contribution is -2.54. The fourth-order valence-electron chi connectivity index (χ4n) is 5.27. The SMILES string of the molecule is NC1CC(N)CN(c2nc(NCC3CCc4ccccc4N3)nc(N3CC(N)CC(N)C3)n2)C1. The summed E-state index contributed by atoms with van der Waals surface area (Å²) in [4.78, 5) is 18.4. The summed E-state index contributed by atoms with van der Waals surface area (Å²) >= 11 is 0. The van der Waals surface area contributed by atoms with Crippen LogP contribution in [-0.2, 0) is 6.42 Å². The second kappa shape index (κ2) is 9.87. The van der Waals surface area contributed by atoms with Crippen LogP contribution in [0.15, 0.2) is 24.3 Å². The molecule has 2 fully saturated rings. The molecule has 5 unspecified atom stereocenters. The number of aromatic nitrogens is 3. The predicted octanol–water partition coefficient (Wildman–Crippen LogP) is -0.560. The molecular weight excluding hydrogens is 430 g/mol. The summed E-state index contributed by atoms with van der Waals surface area (Å²) in [6.07, 6.45) is 3.69. The molecule has 0 amide bonds. The van der Waals surface area contributed by atoms with Gasteiger partial charge in [-0.25, -0.2) is 0 Å². The summed E-state index contributed by atoms with van der Waals surface area (Å²) in [5, 5.41) is 7.07. The van der Waals surface area contributed by atoms with Crippen LogP contribution in [-0.4, -0.2) is 77.9 Å². The zero-order chi connectivity index (χ0) is 23.7. The van der Waals surface area contributed by atoms with Crippen molar-refractivity contribution in [3.8, 4) is 0 Å². The van der Waals surface area contributed by atoms with Crippen LogP contribution < -0.4 is 43.4 Å². The Morgan fingerprint density at radius 3 is 1.97 bits per heavy atom. The molecule has 0 spiro atoms. The molecule has 5 rings (SSSR count). The van der Waals surface area contributed by atoms with Gasteiger partial charge in [0.15, 0.2) is 0 Å². The topological polar surface area (TPSA) is 173 Å². The Morgan fingerprint density at radius 2 is 1.38 bits per heavy atom. The predicted molar refractivity (Wildman–Crippen MR) is 136 cm³/mol. The third-order valence-corrected chi connectivity index (χ3v) is 6.85. The molecule has 0 saturated carbocycles. The lowest BCUT2D eigenvalue weighted by Gasteiger charge is -2.37. The highest BCUT2D eigenvalue weighted by Crippen LogP contribution is 2.25. The monoisotopic (exact) mass is 467 g/mol. The number of piperidine rings is 2. The molecule has 4 heterocycles. The first-order chi connectivity index (χ1) is 16.4. The summed E-state index contributed by atoms with van der Waals surface area (Å²) in [6.45, 7) is 3.36. The minimum absolute atomic E-state index is 0.0105. The first kappa shape index (κ1) is 23.0. The highest BCUT2D eigenvalue weighted by Gasteiger charge is 2.29. The Balaban J connectivity index is 1.36. The fraction of sp³-hybridized carbons (Fsp3) is 0.609. The highest BCUT2D eigenvalue weighted by atomic mass is 15.4. The maximum Gasteiger partial charge on any atom is 0.232 e. The number of para-hydroxylation sites is 1. The molecule has 34 heavy (non-hydrogen) atoms. The van der Waals surface area contributed by atoms with E-state index in [0.29, 0.717) is 50.6 Å². The van der Waals surface area contributed by atoms with Crippen LogP contribution >= 0.6 is 0 Å². The Morgan fingerprint density at radius 1 is 0.824 bits per heavy atom. The summed E-state index contributed by atoms with van der Waals surface area (Å²) in [6, 6.07) is 8.70. The molecular formula is C23H37N11. The van der Waals surface area contributed by atoms with Crippen LogP contribution in [0.25, 0.3) is 0 Å². The van der Waals surface area contributed by atoms with Gasteiger partial charge in [0.2, 0.25) is 17.8 Å². The van der Waals surface area contributed by atoms with Crippen molar-refractivity contribution in [3.63, 3.8) is 0 Å². The van der Waals surface area contributed by atoms with Crippen LogP contribution in [0.5, 0.6) is 0 Å². The molecule has 11 heteroatoms. The number of aryl methyl sites for hydroxylation is 1. The van der Waals surface area contributed by atoms with Crippen molar-refractivity contribution in [2.45, 2.75) is 55.9 Å². The van der Waals surface area contributed by atoms with Crippen molar-refractivity contribution < 1.29 is 0 Å². The van der Waals surface area contributed by atoms with Gasteiger partial charge < -0.3 is 43.4 Å². The number of nitrogens with one attached hydrogen (secondary N) is 2.